The molecule has 7 heteroatoms. The Hall–Kier alpha value is -1.21. The number of aliphatic hydroxyl groups excluding tert-OH is 1. The molecular formula is C11H16BrN3O3. The highest BCUT2D eigenvalue weighted by molar-refractivity contribution is 9.10. The zero-order valence-corrected chi connectivity index (χ0v) is 12.4. The van der Waals surface area contributed by atoms with E-state index < -0.39 is 10.5 Å². The van der Waals surface area contributed by atoms with E-state index in [0.717, 1.165) is 0 Å². The largest absolute Gasteiger partial charge is 0.394 e. The molecule has 0 unspecified atom stereocenters. The van der Waals surface area contributed by atoms with Crippen LogP contribution < -0.4 is 4.90 Å². The lowest BCUT2D eigenvalue weighted by atomic mass is 10.1. The van der Waals surface area contributed by atoms with Crippen molar-refractivity contribution in [2.75, 3.05) is 18.6 Å². The van der Waals surface area contributed by atoms with Gasteiger partial charge in [-0.3, -0.25) is 10.1 Å². The van der Waals surface area contributed by atoms with Gasteiger partial charge in [0.1, 0.15) is 12.0 Å². The molecule has 0 amide bonds. The fraction of sp³-hybridized carbons (Fsp3) is 0.545. The molecule has 1 aromatic rings. The smallest absolute Gasteiger partial charge is 0.291 e. The first-order chi connectivity index (χ1) is 8.22. The van der Waals surface area contributed by atoms with E-state index in [4.69, 9.17) is 0 Å². The third kappa shape index (κ3) is 2.62. The molecule has 100 valence electrons. The van der Waals surface area contributed by atoms with E-state index in [1.807, 2.05) is 13.8 Å². The molecule has 0 radical (unpaired) electrons. The van der Waals surface area contributed by atoms with Crippen LogP contribution in [0, 0.1) is 17.0 Å². The van der Waals surface area contributed by atoms with Crippen molar-refractivity contribution < 1.29 is 10.0 Å². The Morgan fingerprint density at radius 1 is 1.61 bits per heavy atom. The molecule has 0 saturated carbocycles. The molecule has 1 rings (SSSR count). The van der Waals surface area contributed by atoms with E-state index in [0.29, 0.717) is 15.9 Å². The number of pyridine rings is 1. The lowest BCUT2D eigenvalue weighted by Gasteiger charge is -2.35. The van der Waals surface area contributed by atoms with E-state index in [2.05, 4.69) is 20.9 Å². The number of rotatable bonds is 4. The van der Waals surface area contributed by atoms with Gasteiger partial charge in [-0.25, -0.2) is 4.98 Å². The van der Waals surface area contributed by atoms with Gasteiger partial charge < -0.3 is 10.0 Å². The van der Waals surface area contributed by atoms with Crippen LogP contribution in [0.4, 0.5) is 11.5 Å². The molecule has 1 aromatic heterocycles. The molecule has 0 aromatic carbocycles. The summed E-state index contributed by atoms with van der Waals surface area (Å²) in [5.41, 5.74) is -0.00984. The molecule has 0 fully saturated rings. The quantitative estimate of drug-likeness (QED) is 0.680. The fourth-order valence-corrected chi connectivity index (χ4v) is 1.94. The summed E-state index contributed by atoms with van der Waals surface area (Å²) in [6.07, 6.45) is 1.24. The monoisotopic (exact) mass is 317 g/mol. The van der Waals surface area contributed by atoms with Gasteiger partial charge in [0.05, 0.1) is 21.5 Å². The molecule has 0 aliphatic rings. The summed E-state index contributed by atoms with van der Waals surface area (Å²) < 4.78 is 0.570. The molecule has 0 bridgehead atoms. The molecule has 0 aliphatic heterocycles. The number of anilines is 1. The van der Waals surface area contributed by atoms with Crippen LogP contribution in [0.3, 0.4) is 0 Å². The first kappa shape index (κ1) is 14.8. The lowest BCUT2D eigenvalue weighted by Crippen LogP contribution is -2.45. The molecule has 0 saturated heterocycles. The maximum atomic E-state index is 10.8. The first-order valence-electron chi connectivity index (χ1n) is 5.36. The molecule has 0 spiro atoms. The fourth-order valence-electron chi connectivity index (χ4n) is 1.37. The van der Waals surface area contributed by atoms with Crippen molar-refractivity contribution in [2.45, 2.75) is 26.3 Å². The van der Waals surface area contributed by atoms with E-state index in [1.54, 1.807) is 18.9 Å². The zero-order valence-electron chi connectivity index (χ0n) is 10.8. The number of halogens is 1. The predicted molar refractivity (Wildman–Crippen MR) is 72.9 cm³/mol. The predicted octanol–water partition coefficient (Wildman–Crippen LogP) is 2.27. The summed E-state index contributed by atoms with van der Waals surface area (Å²) in [5.74, 6) is 0.567. The van der Waals surface area contributed by atoms with Gasteiger partial charge in [-0.05, 0) is 36.7 Å². The van der Waals surface area contributed by atoms with Crippen LogP contribution in [0.1, 0.15) is 19.4 Å². The van der Waals surface area contributed by atoms with Crippen LogP contribution >= 0.6 is 15.9 Å². The lowest BCUT2D eigenvalue weighted by molar-refractivity contribution is -0.385. The molecule has 6 nitrogen and oxygen atoms in total. The van der Waals surface area contributed by atoms with Gasteiger partial charge in [-0.15, -0.1) is 0 Å². The number of aromatic nitrogens is 1. The van der Waals surface area contributed by atoms with Crippen molar-refractivity contribution in [3.8, 4) is 0 Å². The average Bonchev–Trinajstić information content (AvgIpc) is 2.31. The average molecular weight is 318 g/mol. The number of hydrogen-bond acceptors (Lipinski definition) is 5. The standard InChI is InChI=1S/C11H16BrN3O3/c1-7-8(15(17)18)5-13-10(9(7)12)14(4)11(2,3)6-16/h5,16H,6H2,1-4H3. The minimum Gasteiger partial charge on any atom is -0.394 e. The van der Waals surface area contributed by atoms with Gasteiger partial charge >= 0.3 is 0 Å². The first-order valence-corrected chi connectivity index (χ1v) is 6.16. The second-order valence-corrected chi connectivity index (χ2v) is 5.49. The highest BCUT2D eigenvalue weighted by Gasteiger charge is 2.27. The Morgan fingerprint density at radius 3 is 2.61 bits per heavy atom. The number of nitro groups is 1. The SMILES string of the molecule is Cc1c([N+](=O)[O-])cnc(N(C)C(C)(C)CO)c1Br. The van der Waals surface area contributed by atoms with Crippen molar-refractivity contribution in [3.05, 3.63) is 26.3 Å². The molecule has 18 heavy (non-hydrogen) atoms. The van der Waals surface area contributed by atoms with Crippen LogP contribution in [0.15, 0.2) is 10.7 Å². The van der Waals surface area contributed by atoms with Crippen molar-refractivity contribution in [1.29, 1.82) is 0 Å². The Balaban J connectivity index is 3.29. The van der Waals surface area contributed by atoms with Crippen molar-refractivity contribution >= 4 is 27.4 Å². The van der Waals surface area contributed by atoms with Gasteiger partial charge in [0.2, 0.25) is 0 Å². The van der Waals surface area contributed by atoms with Gasteiger partial charge in [0, 0.05) is 12.6 Å². The second kappa shape index (κ2) is 5.19. The zero-order chi connectivity index (χ0) is 14.1. The van der Waals surface area contributed by atoms with E-state index in [9.17, 15) is 15.2 Å². The van der Waals surface area contributed by atoms with Crippen molar-refractivity contribution in [2.24, 2.45) is 0 Å². The minimum atomic E-state index is -0.502. The minimum absolute atomic E-state index is 0.0270. The summed E-state index contributed by atoms with van der Waals surface area (Å²) in [7, 11) is 1.79. The number of nitrogens with zero attached hydrogens (tertiary/aromatic N) is 3. The van der Waals surface area contributed by atoms with Gasteiger partial charge in [0.25, 0.3) is 5.69 Å². The number of aliphatic hydroxyl groups is 1. The van der Waals surface area contributed by atoms with Gasteiger partial charge in [-0.1, -0.05) is 0 Å². The van der Waals surface area contributed by atoms with Gasteiger partial charge in [0.15, 0.2) is 0 Å². The highest BCUT2D eigenvalue weighted by Crippen LogP contribution is 2.34. The molecule has 1 N–H and O–H groups in total. The third-order valence-corrected chi connectivity index (χ3v) is 3.98. The summed E-state index contributed by atoms with van der Waals surface area (Å²) in [6, 6.07) is 0. The van der Waals surface area contributed by atoms with Crippen LogP contribution in [-0.2, 0) is 0 Å². The number of hydrogen-bond donors (Lipinski definition) is 1. The third-order valence-electron chi connectivity index (χ3n) is 3.03. The van der Waals surface area contributed by atoms with Crippen molar-refractivity contribution in [1.82, 2.24) is 4.98 Å². The number of likely N-dealkylation sites (N-methyl/N-ethyl adjacent to an activating group) is 1. The van der Waals surface area contributed by atoms with E-state index in [-0.39, 0.29) is 12.3 Å². The van der Waals surface area contributed by atoms with Crippen LogP contribution in [0.2, 0.25) is 0 Å². The Labute approximate surface area is 114 Å². The topological polar surface area (TPSA) is 79.5 Å². The van der Waals surface area contributed by atoms with Crippen molar-refractivity contribution in [3.63, 3.8) is 0 Å². The Bertz CT molecular complexity index is 477. The maximum absolute atomic E-state index is 10.8. The van der Waals surface area contributed by atoms with Crippen LogP contribution in [-0.4, -0.2) is 34.2 Å². The summed E-state index contributed by atoms with van der Waals surface area (Å²) in [6.45, 7) is 5.33. The molecule has 0 atom stereocenters. The van der Waals surface area contributed by atoms with Crippen LogP contribution in [0.5, 0.6) is 0 Å². The normalized spacial score (nSPS) is 11.4. The molecule has 1 heterocycles. The summed E-state index contributed by atoms with van der Waals surface area (Å²) >= 11 is 3.33. The molecule has 0 aliphatic carbocycles. The Kier molecular flexibility index (Phi) is 4.28. The Morgan fingerprint density at radius 2 is 2.17 bits per heavy atom. The maximum Gasteiger partial charge on any atom is 0.291 e. The summed E-state index contributed by atoms with van der Waals surface area (Å²) in [4.78, 5) is 16.2. The van der Waals surface area contributed by atoms with Gasteiger partial charge in [-0.2, -0.15) is 0 Å². The summed E-state index contributed by atoms with van der Waals surface area (Å²) in [5, 5.41) is 20.1. The highest BCUT2D eigenvalue weighted by atomic mass is 79.9. The van der Waals surface area contributed by atoms with E-state index >= 15 is 0 Å². The van der Waals surface area contributed by atoms with E-state index in [1.165, 1.54) is 6.20 Å². The second-order valence-electron chi connectivity index (χ2n) is 4.69. The molecular weight excluding hydrogens is 302 g/mol. The van der Waals surface area contributed by atoms with Crippen LogP contribution in [0.25, 0.3) is 0 Å².